The van der Waals surface area contributed by atoms with Crippen molar-refractivity contribution in [2.45, 2.75) is 39.3 Å². The summed E-state index contributed by atoms with van der Waals surface area (Å²) in [5.41, 5.74) is 4.18. The monoisotopic (exact) mass is 342 g/mol. The number of rotatable bonds is 6. The minimum Gasteiger partial charge on any atom is -0.354 e. The first-order chi connectivity index (χ1) is 11.6. The highest BCUT2D eigenvalue weighted by atomic mass is 32.1. The lowest BCUT2D eigenvalue weighted by Crippen LogP contribution is -2.40. The first kappa shape index (κ1) is 17.2. The predicted molar refractivity (Wildman–Crippen MR) is 100 cm³/mol. The van der Waals surface area contributed by atoms with Crippen molar-refractivity contribution in [2.75, 3.05) is 13.1 Å². The van der Waals surface area contributed by atoms with Gasteiger partial charge in [-0.05, 0) is 45.9 Å². The average Bonchev–Trinajstić information content (AvgIpc) is 3.08. The largest absolute Gasteiger partial charge is 0.354 e. The SMILES string of the molecule is CC(C)CC(=O)NCC(c1ccsc1)N1CCc2ccccc2C1. The lowest BCUT2D eigenvalue weighted by molar-refractivity contribution is -0.122. The quantitative estimate of drug-likeness (QED) is 0.860. The molecule has 1 amide bonds. The van der Waals surface area contributed by atoms with E-state index in [2.05, 4.69) is 65.2 Å². The summed E-state index contributed by atoms with van der Waals surface area (Å²) in [5, 5.41) is 7.48. The molecule has 1 aliphatic rings. The molecular formula is C20H26N2OS. The van der Waals surface area contributed by atoms with Gasteiger partial charge in [0.25, 0.3) is 0 Å². The lowest BCUT2D eigenvalue weighted by Gasteiger charge is -2.35. The molecule has 0 bridgehead atoms. The van der Waals surface area contributed by atoms with Gasteiger partial charge in [-0.15, -0.1) is 0 Å². The van der Waals surface area contributed by atoms with Crippen molar-refractivity contribution in [3.63, 3.8) is 0 Å². The van der Waals surface area contributed by atoms with Crippen molar-refractivity contribution in [2.24, 2.45) is 5.92 Å². The molecule has 128 valence electrons. The number of nitrogens with one attached hydrogen (secondary N) is 1. The second-order valence-electron chi connectivity index (χ2n) is 6.96. The minimum atomic E-state index is 0.155. The summed E-state index contributed by atoms with van der Waals surface area (Å²) in [4.78, 5) is 14.6. The van der Waals surface area contributed by atoms with Crippen LogP contribution in [0.2, 0.25) is 0 Å². The maximum atomic E-state index is 12.1. The second-order valence-corrected chi connectivity index (χ2v) is 7.74. The maximum Gasteiger partial charge on any atom is 0.220 e. The van der Waals surface area contributed by atoms with Crippen LogP contribution < -0.4 is 5.32 Å². The molecule has 0 aliphatic carbocycles. The van der Waals surface area contributed by atoms with Crippen LogP contribution in [-0.2, 0) is 17.8 Å². The van der Waals surface area contributed by atoms with Gasteiger partial charge in [0, 0.05) is 26.1 Å². The zero-order chi connectivity index (χ0) is 16.9. The van der Waals surface area contributed by atoms with Gasteiger partial charge in [-0.2, -0.15) is 11.3 Å². The predicted octanol–water partition coefficient (Wildman–Crippen LogP) is 4.01. The fraction of sp³-hybridized carbons (Fsp3) is 0.450. The van der Waals surface area contributed by atoms with Crippen LogP contribution in [0.1, 0.15) is 43.0 Å². The fourth-order valence-electron chi connectivity index (χ4n) is 3.36. The first-order valence-corrected chi connectivity index (χ1v) is 9.67. The Labute approximate surface area is 148 Å². The van der Waals surface area contributed by atoms with E-state index < -0.39 is 0 Å². The Bertz CT molecular complexity index is 666. The number of hydrogen-bond acceptors (Lipinski definition) is 3. The van der Waals surface area contributed by atoms with E-state index >= 15 is 0 Å². The molecular weight excluding hydrogens is 316 g/mol. The number of hydrogen-bond donors (Lipinski definition) is 1. The molecule has 2 aromatic rings. The summed E-state index contributed by atoms with van der Waals surface area (Å²) in [6, 6.07) is 11.1. The van der Waals surface area contributed by atoms with Crippen molar-refractivity contribution in [1.82, 2.24) is 10.2 Å². The summed E-state index contributed by atoms with van der Waals surface area (Å²) in [6.07, 6.45) is 1.68. The molecule has 0 fully saturated rings. The molecule has 2 heterocycles. The van der Waals surface area contributed by atoms with Crippen LogP contribution in [-0.4, -0.2) is 23.9 Å². The van der Waals surface area contributed by atoms with E-state index in [1.807, 2.05) is 0 Å². The van der Waals surface area contributed by atoms with Gasteiger partial charge < -0.3 is 5.32 Å². The number of thiophene rings is 1. The van der Waals surface area contributed by atoms with Crippen molar-refractivity contribution in [3.05, 3.63) is 57.8 Å². The highest BCUT2D eigenvalue weighted by molar-refractivity contribution is 7.07. The third kappa shape index (κ3) is 4.25. The Balaban J connectivity index is 1.71. The molecule has 1 N–H and O–H groups in total. The molecule has 1 aromatic heterocycles. The molecule has 3 rings (SSSR count). The molecule has 1 atom stereocenters. The van der Waals surface area contributed by atoms with E-state index in [-0.39, 0.29) is 11.9 Å². The maximum absolute atomic E-state index is 12.1. The van der Waals surface area contributed by atoms with Gasteiger partial charge in [0.05, 0.1) is 6.04 Å². The number of benzene rings is 1. The van der Waals surface area contributed by atoms with E-state index in [0.717, 1.165) is 19.5 Å². The van der Waals surface area contributed by atoms with Crippen LogP contribution >= 0.6 is 11.3 Å². The topological polar surface area (TPSA) is 32.3 Å². The standard InChI is InChI=1S/C20H26N2OS/c1-15(2)11-20(23)21-12-19(18-8-10-24-14-18)22-9-7-16-5-3-4-6-17(16)13-22/h3-6,8,10,14-15,19H,7,9,11-13H2,1-2H3,(H,21,23). The average molecular weight is 343 g/mol. The van der Waals surface area contributed by atoms with E-state index in [1.165, 1.54) is 16.7 Å². The Morgan fingerprint density at radius 1 is 1.25 bits per heavy atom. The number of nitrogens with zero attached hydrogens (tertiary/aromatic N) is 1. The van der Waals surface area contributed by atoms with E-state index in [0.29, 0.717) is 18.9 Å². The van der Waals surface area contributed by atoms with Gasteiger partial charge in [-0.25, -0.2) is 0 Å². The van der Waals surface area contributed by atoms with E-state index in [1.54, 1.807) is 11.3 Å². The van der Waals surface area contributed by atoms with Crippen LogP contribution in [0.5, 0.6) is 0 Å². The third-order valence-electron chi connectivity index (χ3n) is 4.62. The normalized spacial score (nSPS) is 16.0. The van der Waals surface area contributed by atoms with Crippen LogP contribution in [0.15, 0.2) is 41.1 Å². The Kier molecular flexibility index (Phi) is 5.69. The van der Waals surface area contributed by atoms with Gasteiger partial charge in [-0.3, -0.25) is 9.69 Å². The highest BCUT2D eigenvalue weighted by Crippen LogP contribution is 2.28. The summed E-state index contributed by atoms with van der Waals surface area (Å²) >= 11 is 1.72. The summed E-state index contributed by atoms with van der Waals surface area (Å²) < 4.78 is 0. The van der Waals surface area contributed by atoms with Gasteiger partial charge >= 0.3 is 0 Å². The summed E-state index contributed by atoms with van der Waals surface area (Å²) in [7, 11) is 0. The first-order valence-electron chi connectivity index (χ1n) is 8.73. The van der Waals surface area contributed by atoms with Crippen molar-refractivity contribution in [3.8, 4) is 0 Å². The van der Waals surface area contributed by atoms with Gasteiger partial charge in [0.15, 0.2) is 0 Å². The molecule has 4 heteroatoms. The number of carbonyl (C=O) groups excluding carboxylic acids is 1. The Morgan fingerprint density at radius 3 is 2.75 bits per heavy atom. The highest BCUT2D eigenvalue weighted by Gasteiger charge is 2.25. The number of amides is 1. The minimum absolute atomic E-state index is 0.155. The second kappa shape index (κ2) is 7.95. The van der Waals surface area contributed by atoms with E-state index in [9.17, 15) is 4.79 Å². The fourth-order valence-corrected chi connectivity index (χ4v) is 4.07. The van der Waals surface area contributed by atoms with Crippen molar-refractivity contribution >= 4 is 17.2 Å². The van der Waals surface area contributed by atoms with Gasteiger partial charge in [-0.1, -0.05) is 38.1 Å². The molecule has 1 aliphatic heterocycles. The van der Waals surface area contributed by atoms with Gasteiger partial charge in [0.1, 0.15) is 0 Å². The van der Waals surface area contributed by atoms with Gasteiger partial charge in [0.2, 0.25) is 5.91 Å². The number of fused-ring (bicyclic) bond motifs is 1. The van der Waals surface area contributed by atoms with Crippen molar-refractivity contribution < 1.29 is 4.79 Å². The zero-order valence-corrected chi connectivity index (χ0v) is 15.3. The van der Waals surface area contributed by atoms with Crippen LogP contribution in [0.4, 0.5) is 0 Å². The van der Waals surface area contributed by atoms with Crippen LogP contribution in [0.25, 0.3) is 0 Å². The molecule has 3 nitrogen and oxygen atoms in total. The Morgan fingerprint density at radius 2 is 2.04 bits per heavy atom. The molecule has 1 unspecified atom stereocenters. The lowest BCUT2D eigenvalue weighted by atomic mass is 9.97. The van der Waals surface area contributed by atoms with Crippen molar-refractivity contribution in [1.29, 1.82) is 0 Å². The third-order valence-corrected chi connectivity index (χ3v) is 5.32. The molecule has 0 spiro atoms. The summed E-state index contributed by atoms with van der Waals surface area (Å²) in [5.74, 6) is 0.550. The summed E-state index contributed by atoms with van der Waals surface area (Å²) in [6.45, 7) is 6.84. The molecule has 0 saturated carbocycles. The Hall–Kier alpha value is -1.65. The van der Waals surface area contributed by atoms with Crippen LogP contribution in [0.3, 0.4) is 0 Å². The number of carbonyl (C=O) groups is 1. The molecule has 0 saturated heterocycles. The molecule has 24 heavy (non-hydrogen) atoms. The smallest absolute Gasteiger partial charge is 0.220 e. The zero-order valence-electron chi connectivity index (χ0n) is 14.5. The molecule has 0 radical (unpaired) electrons. The van der Waals surface area contributed by atoms with E-state index in [4.69, 9.17) is 0 Å². The molecule has 1 aromatic carbocycles. The van der Waals surface area contributed by atoms with Crippen LogP contribution in [0, 0.1) is 5.92 Å².